The van der Waals surface area contributed by atoms with Gasteiger partial charge in [-0.15, -0.1) is 0 Å². The average Bonchev–Trinajstić information content (AvgIpc) is 2.42. The van der Waals surface area contributed by atoms with E-state index in [2.05, 4.69) is 24.1 Å². The molecule has 4 heteroatoms. The van der Waals surface area contributed by atoms with Crippen LogP contribution in [0.15, 0.2) is 0 Å². The SMILES string of the molecule is CC(C)NC(CCN1CCCC2CCCCC21)C(N)=O. The van der Waals surface area contributed by atoms with Crippen LogP contribution in [0.5, 0.6) is 0 Å². The maximum Gasteiger partial charge on any atom is 0.234 e. The second kappa shape index (κ2) is 7.41. The molecule has 20 heavy (non-hydrogen) atoms. The van der Waals surface area contributed by atoms with E-state index in [1.54, 1.807) is 0 Å². The monoisotopic (exact) mass is 281 g/mol. The van der Waals surface area contributed by atoms with Crippen LogP contribution >= 0.6 is 0 Å². The molecular formula is C16H31N3O. The molecule has 0 aromatic rings. The van der Waals surface area contributed by atoms with Gasteiger partial charge in [-0.3, -0.25) is 4.79 Å². The summed E-state index contributed by atoms with van der Waals surface area (Å²) in [7, 11) is 0. The fraction of sp³-hybridized carbons (Fsp3) is 0.938. The van der Waals surface area contributed by atoms with Crippen molar-refractivity contribution in [3.05, 3.63) is 0 Å². The van der Waals surface area contributed by atoms with E-state index >= 15 is 0 Å². The molecule has 4 nitrogen and oxygen atoms in total. The number of piperidine rings is 1. The molecule has 3 N–H and O–H groups in total. The van der Waals surface area contributed by atoms with Crippen molar-refractivity contribution in [2.45, 2.75) is 76.9 Å². The molecule has 0 spiro atoms. The summed E-state index contributed by atoms with van der Waals surface area (Å²) >= 11 is 0. The number of amides is 1. The normalized spacial score (nSPS) is 29.1. The second-order valence-electron chi connectivity index (χ2n) is 6.86. The Bertz CT molecular complexity index is 317. The molecule has 3 atom stereocenters. The molecule has 0 aromatic heterocycles. The van der Waals surface area contributed by atoms with Crippen molar-refractivity contribution < 1.29 is 4.79 Å². The number of hydrogen-bond donors (Lipinski definition) is 2. The summed E-state index contributed by atoms with van der Waals surface area (Å²) in [5, 5.41) is 3.29. The largest absolute Gasteiger partial charge is 0.368 e. The third-order valence-corrected chi connectivity index (χ3v) is 4.94. The predicted octanol–water partition coefficient (Wildman–Crippen LogP) is 1.88. The molecule has 2 fully saturated rings. The van der Waals surface area contributed by atoms with Crippen LogP contribution in [0, 0.1) is 5.92 Å². The van der Waals surface area contributed by atoms with Crippen molar-refractivity contribution in [1.82, 2.24) is 10.2 Å². The molecule has 1 amide bonds. The van der Waals surface area contributed by atoms with Gasteiger partial charge < -0.3 is 16.0 Å². The molecular weight excluding hydrogens is 250 g/mol. The molecule has 3 unspecified atom stereocenters. The van der Waals surface area contributed by atoms with Crippen molar-refractivity contribution in [3.63, 3.8) is 0 Å². The van der Waals surface area contributed by atoms with Crippen molar-refractivity contribution in [2.24, 2.45) is 11.7 Å². The quantitative estimate of drug-likeness (QED) is 0.781. The zero-order chi connectivity index (χ0) is 14.5. The molecule has 0 radical (unpaired) electrons. The maximum absolute atomic E-state index is 11.5. The van der Waals surface area contributed by atoms with Crippen LogP contribution in [0.25, 0.3) is 0 Å². The highest BCUT2D eigenvalue weighted by molar-refractivity contribution is 5.79. The number of nitrogens with one attached hydrogen (secondary N) is 1. The molecule has 2 rings (SSSR count). The first-order valence-corrected chi connectivity index (χ1v) is 8.37. The third kappa shape index (κ3) is 4.19. The number of carbonyl (C=O) groups is 1. The van der Waals surface area contributed by atoms with Gasteiger partial charge in [0.15, 0.2) is 0 Å². The predicted molar refractivity (Wildman–Crippen MR) is 82.4 cm³/mol. The summed E-state index contributed by atoms with van der Waals surface area (Å²) in [5.41, 5.74) is 5.51. The lowest BCUT2D eigenvalue weighted by molar-refractivity contribution is -0.120. The number of rotatable bonds is 6. The fourth-order valence-corrected chi connectivity index (χ4v) is 4.01. The van der Waals surface area contributed by atoms with Crippen molar-refractivity contribution in [2.75, 3.05) is 13.1 Å². The van der Waals surface area contributed by atoms with Crippen LogP contribution in [0.4, 0.5) is 0 Å². The van der Waals surface area contributed by atoms with Gasteiger partial charge in [0.05, 0.1) is 6.04 Å². The summed E-state index contributed by atoms with van der Waals surface area (Å²) in [6, 6.07) is 0.889. The number of hydrogen-bond acceptors (Lipinski definition) is 3. The van der Waals surface area contributed by atoms with E-state index in [0.717, 1.165) is 24.9 Å². The minimum absolute atomic E-state index is 0.182. The Hall–Kier alpha value is -0.610. The van der Waals surface area contributed by atoms with E-state index in [0.29, 0.717) is 6.04 Å². The Morgan fingerprint density at radius 3 is 2.65 bits per heavy atom. The molecule has 1 saturated carbocycles. The van der Waals surface area contributed by atoms with E-state index in [1.807, 2.05) is 0 Å². The van der Waals surface area contributed by atoms with Crippen molar-refractivity contribution >= 4 is 5.91 Å². The molecule has 116 valence electrons. The highest BCUT2D eigenvalue weighted by atomic mass is 16.1. The Balaban J connectivity index is 1.86. The van der Waals surface area contributed by atoms with Crippen LogP contribution in [0.1, 0.15) is 58.8 Å². The first-order chi connectivity index (χ1) is 9.58. The smallest absolute Gasteiger partial charge is 0.234 e. The molecule has 1 saturated heterocycles. The van der Waals surface area contributed by atoms with Crippen molar-refractivity contribution in [1.29, 1.82) is 0 Å². The Kier molecular flexibility index (Phi) is 5.85. The van der Waals surface area contributed by atoms with E-state index in [9.17, 15) is 4.79 Å². The number of carbonyl (C=O) groups excluding carboxylic acids is 1. The fourth-order valence-electron chi connectivity index (χ4n) is 4.01. The summed E-state index contributed by atoms with van der Waals surface area (Å²) in [6.07, 6.45) is 9.12. The summed E-state index contributed by atoms with van der Waals surface area (Å²) in [5.74, 6) is 0.693. The van der Waals surface area contributed by atoms with Gasteiger partial charge in [0.2, 0.25) is 5.91 Å². The zero-order valence-electron chi connectivity index (χ0n) is 13.1. The maximum atomic E-state index is 11.5. The van der Waals surface area contributed by atoms with E-state index in [4.69, 9.17) is 5.73 Å². The number of nitrogens with zero attached hydrogens (tertiary/aromatic N) is 1. The Morgan fingerprint density at radius 2 is 1.95 bits per heavy atom. The van der Waals surface area contributed by atoms with Gasteiger partial charge in [-0.2, -0.15) is 0 Å². The number of nitrogens with two attached hydrogens (primary N) is 1. The molecule has 2 aliphatic rings. The first kappa shape index (κ1) is 15.8. The van der Waals surface area contributed by atoms with Crippen LogP contribution in [-0.2, 0) is 4.79 Å². The van der Waals surface area contributed by atoms with Gasteiger partial charge in [-0.1, -0.05) is 26.7 Å². The van der Waals surface area contributed by atoms with Gasteiger partial charge in [0.1, 0.15) is 0 Å². The van der Waals surface area contributed by atoms with Gasteiger partial charge in [-0.05, 0) is 44.6 Å². The molecule has 1 aliphatic carbocycles. The second-order valence-corrected chi connectivity index (χ2v) is 6.86. The zero-order valence-corrected chi connectivity index (χ0v) is 13.1. The molecule has 0 aromatic carbocycles. The van der Waals surface area contributed by atoms with Crippen LogP contribution in [0.2, 0.25) is 0 Å². The number of likely N-dealkylation sites (tertiary alicyclic amines) is 1. The lowest BCUT2D eigenvalue weighted by Gasteiger charge is -2.44. The van der Waals surface area contributed by atoms with Crippen LogP contribution in [0.3, 0.4) is 0 Å². The average molecular weight is 281 g/mol. The molecule has 0 bridgehead atoms. The molecule has 1 aliphatic heterocycles. The number of primary amides is 1. The topological polar surface area (TPSA) is 58.4 Å². The highest BCUT2D eigenvalue weighted by Crippen LogP contribution is 2.35. The van der Waals surface area contributed by atoms with Gasteiger partial charge in [-0.25, -0.2) is 0 Å². The van der Waals surface area contributed by atoms with Crippen LogP contribution in [-0.4, -0.2) is 42.0 Å². The van der Waals surface area contributed by atoms with Crippen LogP contribution < -0.4 is 11.1 Å². The standard InChI is InChI=1S/C16H31N3O/c1-12(2)18-14(16(17)20)9-11-19-10-5-7-13-6-3-4-8-15(13)19/h12-15,18H,3-11H2,1-2H3,(H2,17,20). The van der Waals surface area contributed by atoms with E-state index < -0.39 is 0 Å². The minimum Gasteiger partial charge on any atom is -0.368 e. The molecule has 1 heterocycles. The Labute approximate surface area is 123 Å². The van der Waals surface area contributed by atoms with Crippen molar-refractivity contribution in [3.8, 4) is 0 Å². The van der Waals surface area contributed by atoms with E-state index in [1.165, 1.54) is 45.1 Å². The number of fused-ring (bicyclic) bond motifs is 1. The Morgan fingerprint density at radius 1 is 1.25 bits per heavy atom. The first-order valence-electron chi connectivity index (χ1n) is 8.37. The minimum atomic E-state index is -0.212. The summed E-state index contributed by atoms with van der Waals surface area (Å²) in [4.78, 5) is 14.2. The third-order valence-electron chi connectivity index (χ3n) is 4.94. The van der Waals surface area contributed by atoms with Gasteiger partial charge >= 0.3 is 0 Å². The summed E-state index contributed by atoms with van der Waals surface area (Å²) < 4.78 is 0. The van der Waals surface area contributed by atoms with E-state index in [-0.39, 0.29) is 11.9 Å². The lowest BCUT2D eigenvalue weighted by Crippen LogP contribution is -2.50. The summed E-state index contributed by atoms with van der Waals surface area (Å²) in [6.45, 7) is 6.34. The highest BCUT2D eigenvalue weighted by Gasteiger charge is 2.33. The van der Waals surface area contributed by atoms with Gasteiger partial charge in [0, 0.05) is 18.6 Å². The van der Waals surface area contributed by atoms with Gasteiger partial charge in [0.25, 0.3) is 0 Å². The lowest BCUT2D eigenvalue weighted by atomic mass is 9.78.